The molecule has 0 bridgehead atoms. The van der Waals surface area contributed by atoms with E-state index in [1.54, 1.807) is 6.07 Å². The Morgan fingerprint density at radius 3 is 2.85 bits per heavy atom. The number of hydrogen-bond acceptors (Lipinski definition) is 6. The number of benzene rings is 2. The van der Waals surface area contributed by atoms with Crippen molar-refractivity contribution in [1.82, 2.24) is 14.5 Å². The van der Waals surface area contributed by atoms with Crippen LogP contribution in [-0.4, -0.2) is 46.5 Å². The summed E-state index contributed by atoms with van der Waals surface area (Å²) in [6, 6.07) is 15.4. The molecule has 1 fully saturated rings. The molecule has 1 unspecified atom stereocenters. The predicted molar refractivity (Wildman–Crippen MR) is 152 cm³/mol. The van der Waals surface area contributed by atoms with Gasteiger partial charge in [0.1, 0.15) is 28.8 Å². The van der Waals surface area contributed by atoms with E-state index in [4.69, 9.17) is 14.5 Å². The molecule has 6 rings (SSSR count). The molecule has 2 aliphatic heterocycles. The highest BCUT2D eigenvalue weighted by Crippen LogP contribution is 2.30. The number of aromatic nitrogens is 2. The number of halogens is 1. The topological polar surface area (TPSA) is 56.6 Å². The molecule has 0 radical (unpaired) electrons. The smallest absolute Gasteiger partial charge is 0.160 e. The van der Waals surface area contributed by atoms with Gasteiger partial charge in [-0.15, -0.1) is 11.3 Å². The average molecular weight is 546 g/mol. The van der Waals surface area contributed by atoms with E-state index in [1.807, 2.05) is 43.3 Å². The molecule has 0 amide bonds. The number of fused-ring (bicyclic) bond motifs is 1. The summed E-state index contributed by atoms with van der Waals surface area (Å²) in [5.74, 6) is 1.55. The Morgan fingerprint density at radius 1 is 1.23 bits per heavy atom. The van der Waals surface area contributed by atoms with Gasteiger partial charge in [-0.2, -0.15) is 0 Å². The Morgan fingerprint density at radius 2 is 2.13 bits per heavy atom. The molecule has 0 aliphatic carbocycles. The number of ether oxygens (including phenoxy) is 2. The molecular weight excluding hydrogens is 513 g/mol. The van der Waals surface area contributed by atoms with Crippen LogP contribution in [0.25, 0.3) is 15.9 Å². The van der Waals surface area contributed by atoms with Gasteiger partial charge in [-0.05, 0) is 60.2 Å². The fraction of sp³-hybridized carbons (Fsp3) is 0.355. The van der Waals surface area contributed by atoms with Crippen LogP contribution in [0.15, 0.2) is 54.6 Å². The van der Waals surface area contributed by atoms with E-state index in [0.717, 1.165) is 91.4 Å². The number of aldehydes is 1. The highest BCUT2D eigenvalue weighted by atomic mass is 32.1. The van der Waals surface area contributed by atoms with E-state index >= 15 is 0 Å². The summed E-state index contributed by atoms with van der Waals surface area (Å²) in [4.78, 5) is 20.2. The van der Waals surface area contributed by atoms with Crippen LogP contribution < -0.4 is 4.74 Å². The Hall–Kier alpha value is -3.33. The third kappa shape index (κ3) is 5.69. The quantitative estimate of drug-likeness (QED) is 0.220. The second kappa shape index (κ2) is 11.4. The van der Waals surface area contributed by atoms with Gasteiger partial charge in [0, 0.05) is 25.3 Å². The number of hydrogen-bond donors (Lipinski definition) is 0. The molecule has 6 nitrogen and oxygen atoms in total. The summed E-state index contributed by atoms with van der Waals surface area (Å²) in [6.07, 6.45) is 6.19. The Kier molecular flexibility index (Phi) is 7.59. The second-order valence-electron chi connectivity index (χ2n) is 10.2. The SMILES string of the molecule is CCc1ccc(COc2cccc(C3=CCN(Cc4nc5sc(C=O)cc5n4CC4CCO4)CC3)c2)c(F)c1. The van der Waals surface area contributed by atoms with E-state index < -0.39 is 0 Å². The van der Waals surface area contributed by atoms with E-state index in [-0.39, 0.29) is 18.5 Å². The zero-order chi connectivity index (χ0) is 26.8. The monoisotopic (exact) mass is 545 g/mol. The third-order valence-corrected chi connectivity index (χ3v) is 8.57. The summed E-state index contributed by atoms with van der Waals surface area (Å²) in [7, 11) is 0. The first-order chi connectivity index (χ1) is 19.1. The van der Waals surface area contributed by atoms with Crippen molar-refractivity contribution in [1.29, 1.82) is 0 Å². The van der Waals surface area contributed by atoms with Gasteiger partial charge in [0.2, 0.25) is 0 Å². The zero-order valence-corrected chi connectivity index (χ0v) is 22.9. The maximum atomic E-state index is 14.4. The summed E-state index contributed by atoms with van der Waals surface area (Å²) in [6.45, 7) is 6.31. The molecule has 0 spiro atoms. The molecule has 4 heterocycles. The Labute approximate surface area is 231 Å². The summed E-state index contributed by atoms with van der Waals surface area (Å²) in [5.41, 5.74) is 5.01. The lowest BCUT2D eigenvalue weighted by Crippen LogP contribution is -2.33. The lowest BCUT2D eigenvalue weighted by atomic mass is 9.99. The van der Waals surface area contributed by atoms with Gasteiger partial charge in [0.25, 0.3) is 0 Å². The van der Waals surface area contributed by atoms with Crippen molar-refractivity contribution < 1.29 is 18.7 Å². The largest absolute Gasteiger partial charge is 0.489 e. The third-order valence-electron chi connectivity index (χ3n) is 7.62. The summed E-state index contributed by atoms with van der Waals surface area (Å²) >= 11 is 1.45. The Bertz CT molecular complexity index is 1520. The van der Waals surface area contributed by atoms with E-state index in [1.165, 1.54) is 16.9 Å². The molecule has 1 saturated heterocycles. The van der Waals surface area contributed by atoms with Crippen LogP contribution in [0.1, 0.15) is 52.0 Å². The number of thiophene rings is 1. The first-order valence-electron chi connectivity index (χ1n) is 13.6. The van der Waals surface area contributed by atoms with Crippen LogP contribution in [0.5, 0.6) is 5.75 Å². The highest BCUT2D eigenvalue weighted by molar-refractivity contribution is 7.20. The normalized spacial score (nSPS) is 17.7. The minimum atomic E-state index is -0.217. The molecule has 8 heteroatoms. The van der Waals surface area contributed by atoms with Crippen LogP contribution in [-0.2, 0) is 30.9 Å². The summed E-state index contributed by atoms with van der Waals surface area (Å²) in [5, 5.41) is 0. The van der Waals surface area contributed by atoms with Gasteiger partial charge in [-0.1, -0.05) is 37.3 Å². The summed E-state index contributed by atoms with van der Waals surface area (Å²) < 4.78 is 28.3. The fourth-order valence-corrected chi connectivity index (χ4v) is 6.05. The minimum absolute atomic E-state index is 0.205. The van der Waals surface area contributed by atoms with E-state index in [2.05, 4.69) is 21.6 Å². The van der Waals surface area contributed by atoms with Gasteiger partial charge < -0.3 is 14.0 Å². The van der Waals surface area contributed by atoms with Crippen molar-refractivity contribution in [3.05, 3.63) is 87.8 Å². The van der Waals surface area contributed by atoms with Gasteiger partial charge in [0.15, 0.2) is 6.29 Å². The van der Waals surface area contributed by atoms with Crippen molar-refractivity contribution in [2.75, 3.05) is 19.7 Å². The predicted octanol–water partition coefficient (Wildman–Crippen LogP) is 6.27. The number of carbonyl (C=O) groups excluding carboxylic acids is 1. The maximum absolute atomic E-state index is 14.4. The number of nitrogens with zero attached hydrogens (tertiary/aromatic N) is 3. The number of aryl methyl sites for hydroxylation is 1. The van der Waals surface area contributed by atoms with Crippen LogP contribution in [0.2, 0.25) is 0 Å². The number of rotatable bonds is 10. The van der Waals surface area contributed by atoms with Crippen molar-refractivity contribution in [3.8, 4) is 5.75 Å². The van der Waals surface area contributed by atoms with Crippen LogP contribution in [0, 0.1) is 5.82 Å². The molecule has 2 aromatic heterocycles. The van der Waals surface area contributed by atoms with Gasteiger partial charge in [-0.3, -0.25) is 9.69 Å². The van der Waals surface area contributed by atoms with Gasteiger partial charge in [0.05, 0.1) is 29.6 Å². The molecular formula is C31H32FN3O3S. The molecule has 4 aromatic rings. The first kappa shape index (κ1) is 25.9. The van der Waals surface area contributed by atoms with Gasteiger partial charge in [-0.25, -0.2) is 9.37 Å². The zero-order valence-electron chi connectivity index (χ0n) is 22.1. The van der Waals surface area contributed by atoms with E-state index in [0.29, 0.717) is 10.4 Å². The van der Waals surface area contributed by atoms with Crippen molar-refractivity contribution in [2.45, 2.75) is 52.0 Å². The molecule has 2 aliphatic rings. The maximum Gasteiger partial charge on any atom is 0.160 e. The fourth-order valence-electron chi connectivity index (χ4n) is 5.19. The highest BCUT2D eigenvalue weighted by Gasteiger charge is 2.24. The molecule has 202 valence electrons. The molecule has 1 atom stereocenters. The van der Waals surface area contributed by atoms with Crippen LogP contribution in [0.3, 0.4) is 0 Å². The van der Waals surface area contributed by atoms with E-state index in [9.17, 15) is 9.18 Å². The van der Waals surface area contributed by atoms with Crippen LogP contribution in [0.4, 0.5) is 4.39 Å². The molecule has 0 saturated carbocycles. The first-order valence-corrected chi connectivity index (χ1v) is 14.4. The molecule has 0 N–H and O–H groups in total. The lowest BCUT2D eigenvalue weighted by Gasteiger charge is -2.29. The number of imidazole rings is 1. The minimum Gasteiger partial charge on any atom is -0.489 e. The van der Waals surface area contributed by atoms with Crippen molar-refractivity contribution in [3.63, 3.8) is 0 Å². The van der Waals surface area contributed by atoms with Crippen molar-refractivity contribution >= 4 is 33.5 Å². The standard InChI is InChI=1S/C31H32FN3O3S/c1-2-21-6-7-24(28(32)14-21)20-38-25-5-3-4-23(15-25)22-8-11-34(12-9-22)18-30-33-31-29(16-27(19-36)39-31)35(30)17-26-10-13-37-26/h3-8,14-16,19,26H,2,9-13,17-18,20H2,1H3. The average Bonchev–Trinajstić information content (AvgIpc) is 3.48. The van der Waals surface area contributed by atoms with Crippen molar-refractivity contribution in [2.24, 2.45) is 0 Å². The van der Waals surface area contributed by atoms with Crippen LogP contribution >= 0.6 is 11.3 Å². The second-order valence-corrected chi connectivity index (χ2v) is 11.2. The molecule has 39 heavy (non-hydrogen) atoms. The van der Waals surface area contributed by atoms with Gasteiger partial charge >= 0.3 is 0 Å². The molecule has 2 aromatic carbocycles. The Balaban J connectivity index is 1.11. The lowest BCUT2D eigenvalue weighted by molar-refractivity contribution is -0.0591. The number of carbonyl (C=O) groups is 1.